The Balaban J connectivity index is 1.61. The number of carbonyl (C=O) groups excluding carboxylic acids is 1. The second-order valence-corrected chi connectivity index (χ2v) is 8.45. The van der Waals surface area contributed by atoms with Gasteiger partial charge in [0.05, 0.1) is 32.0 Å². The minimum Gasteiger partial charge on any atom is -0.497 e. The van der Waals surface area contributed by atoms with Crippen LogP contribution >= 0.6 is 34.3 Å². The van der Waals surface area contributed by atoms with Gasteiger partial charge in [0.25, 0.3) is 5.91 Å². The molecule has 0 saturated heterocycles. The first-order valence-electron chi connectivity index (χ1n) is 8.79. The molecule has 1 N–H and O–H groups in total. The van der Waals surface area contributed by atoms with Crippen molar-refractivity contribution in [3.05, 3.63) is 51.7 Å². The molecule has 30 heavy (non-hydrogen) atoms. The van der Waals surface area contributed by atoms with Crippen molar-refractivity contribution >= 4 is 55.4 Å². The Morgan fingerprint density at radius 3 is 2.50 bits per heavy atom. The van der Waals surface area contributed by atoms with Crippen LogP contribution in [0, 0.1) is 0 Å². The fourth-order valence-corrected chi connectivity index (χ4v) is 5.03. The molecular weight excluding hydrogens is 444 g/mol. The molecule has 2 aromatic carbocycles. The van der Waals surface area contributed by atoms with Gasteiger partial charge in [0.15, 0.2) is 5.13 Å². The zero-order valence-corrected chi connectivity index (χ0v) is 18.7. The molecule has 0 aliphatic heterocycles. The number of halogens is 1. The maximum Gasteiger partial charge on any atom is 0.269 e. The predicted molar refractivity (Wildman–Crippen MR) is 122 cm³/mol. The molecule has 4 aromatic rings. The SMILES string of the molecule is COc1ccc(OC)c(-c2csc(NC(=O)c3sc4ccc(OC)cc4c3Cl)n2)c1. The molecule has 0 radical (unpaired) electrons. The van der Waals surface area contributed by atoms with Gasteiger partial charge in [-0.2, -0.15) is 0 Å². The summed E-state index contributed by atoms with van der Waals surface area (Å²) in [4.78, 5) is 17.8. The standard InChI is InChI=1S/C21H17ClN2O4S2/c1-26-11-4-6-16(28-3)13(8-11)15-10-29-21(23-15)24-20(25)19-18(22)14-9-12(27-2)5-7-17(14)30-19/h4-10H,1-3H3,(H,23,24,25). The van der Waals surface area contributed by atoms with Gasteiger partial charge in [0, 0.05) is 21.0 Å². The number of rotatable bonds is 6. The summed E-state index contributed by atoms with van der Waals surface area (Å²) in [5.41, 5.74) is 1.46. The van der Waals surface area contributed by atoms with Crippen molar-refractivity contribution < 1.29 is 19.0 Å². The van der Waals surface area contributed by atoms with Crippen molar-refractivity contribution in [2.45, 2.75) is 0 Å². The van der Waals surface area contributed by atoms with E-state index in [1.54, 1.807) is 21.3 Å². The van der Waals surface area contributed by atoms with Crippen LogP contribution < -0.4 is 19.5 Å². The lowest BCUT2D eigenvalue weighted by Gasteiger charge is -2.08. The van der Waals surface area contributed by atoms with E-state index in [1.165, 1.54) is 22.7 Å². The highest BCUT2D eigenvalue weighted by Gasteiger charge is 2.19. The lowest BCUT2D eigenvalue weighted by Crippen LogP contribution is -2.10. The number of carbonyl (C=O) groups is 1. The smallest absolute Gasteiger partial charge is 0.269 e. The van der Waals surface area contributed by atoms with Gasteiger partial charge in [-0.15, -0.1) is 22.7 Å². The summed E-state index contributed by atoms with van der Waals surface area (Å²) in [5, 5.41) is 6.34. The minimum absolute atomic E-state index is 0.307. The van der Waals surface area contributed by atoms with E-state index in [1.807, 2.05) is 41.8 Å². The number of fused-ring (bicyclic) bond motifs is 1. The van der Waals surface area contributed by atoms with Gasteiger partial charge in [0.1, 0.15) is 22.1 Å². The molecule has 0 saturated carbocycles. The minimum atomic E-state index is -0.307. The first-order valence-corrected chi connectivity index (χ1v) is 10.9. The summed E-state index contributed by atoms with van der Waals surface area (Å²) < 4.78 is 16.9. The lowest BCUT2D eigenvalue weighted by molar-refractivity contribution is 0.103. The first kappa shape index (κ1) is 20.5. The summed E-state index contributed by atoms with van der Waals surface area (Å²) in [7, 11) is 4.79. The molecule has 0 aliphatic carbocycles. The number of nitrogens with zero attached hydrogens (tertiary/aromatic N) is 1. The average Bonchev–Trinajstić information content (AvgIpc) is 3.37. The van der Waals surface area contributed by atoms with E-state index < -0.39 is 0 Å². The highest BCUT2D eigenvalue weighted by molar-refractivity contribution is 7.22. The molecule has 0 unspecified atom stereocenters. The molecule has 4 rings (SSSR count). The molecule has 6 nitrogen and oxygen atoms in total. The molecule has 0 bridgehead atoms. The van der Waals surface area contributed by atoms with Crippen molar-refractivity contribution in [1.29, 1.82) is 0 Å². The third kappa shape index (κ3) is 3.81. The predicted octanol–water partition coefficient (Wildman–Crippen LogP) is 5.96. The zero-order valence-electron chi connectivity index (χ0n) is 16.3. The zero-order chi connectivity index (χ0) is 21.3. The summed E-state index contributed by atoms with van der Waals surface area (Å²) >= 11 is 9.11. The van der Waals surface area contributed by atoms with E-state index >= 15 is 0 Å². The van der Waals surface area contributed by atoms with Gasteiger partial charge in [-0.25, -0.2) is 4.98 Å². The van der Waals surface area contributed by atoms with Crippen LogP contribution in [0.4, 0.5) is 5.13 Å². The van der Waals surface area contributed by atoms with Crippen LogP contribution in [0.5, 0.6) is 17.2 Å². The summed E-state index contributed by atoms with van der Waals surface area (Å²) in [6, 6.07) is 11.0. The normalized spacial score (nSPS) is 10.8. The second-order valence-electron chi connectivity index (χ2n) is 6.17. The van der Waals surface area contributed by atoms with Crippen molar-refractivity contribution in [3.8, 4) is 28.5 Å². The number of aromatic nitrogens is 1. The van der Waals surface area contributed by atoms with Crippen LogP contribution in [0.3, 0.4) is 0 Å². The molecular formula is C21H17ClN2O4S2. The lowest BCUT2D eigenvalue weighted by atomic mass is 10.1. The van der Waals surface area contributed by atoms with Crippen molar-refractivity contribution in [2.24, 2.45) is 0 Å². The number of methoxy groups -OCH3 is 3. The first-order chi connectivity index (χ1) is 14.5. The molecule has 154 valence electrons. The van der Waals surface area contributed by atoms with Crippen LogP contribution in [0.15, 0.2) is 41.8 Å². The van der Waals surface area contributed by atoms with Crippen LogP contribution in [0.25, 0.3) is 21.3 Å². The number of thiazole rings is 1. The van der Waals surface area contributed by atoms with E-state index in [-0.39, 0.29) is 5.91 Å². The average molecular weight is 461 g/mol. The summed E-state index contributed by atoms with van der Waals surface area (Å²) in [5.74, 6) is 1.74. The van der Waals surface area contributed by atoms with Gasteiger partial charge < -0.3 is 14.2 Å². The quantitative estimate of drug-likeness (QED) is 0.384. The number of nitrogens with one attached hydrogen (secondary N) is 1. The van der Waals surface area contributed by atoms with Crippen molar-refractivity contribution in [3.63, 3.8) is 0 Å². The maximum absolute atomic E-state index is 12.8. The Hall–Kier alpha value is -2.81. The van der Waals surface area contributed by atoms with E-state index in [4.69, 9.17) is 25.8 Å². The highest BCUT2D eigenvalue weighted by atomic mass is 35.5. The van der Waals surface area contributed by atoms with E-state index in [9.17, 15) is 4.79 Å². The third-order valence-corrected chi connectivity index (χ3v) is 6.88. The Labute approximate surface area is 186 Å². The fourth-order valence-electron chi connectivity index (χ4n) is 2.94. The topological polar surface area (TPSA) is 69.7 Å². The summed E-state index contributed by atoms with van der Waals surface area (Å²) in [6.45, 7) is 0. The van der Waals surface area contributed by atoms with Gasteiger partial charge in [-0.05, 0) is 36.4 Å². The van der Waals surface area contributed by atoms with Gasteiger partial charge >= 0.3 is 0 Å². The van der Waals surface area contributed by atoms with E-state index in [2.05, 4.69) is 10.3 Å². The van der Waals surface area contributed by atoms with Crippen molar-refractivity contribution in [1.82, 2.24) is 4.98 Å². The van der Waals surface area contributed by atoms with E-state index in [0.717, 1.165) is 15.6 Å². The van der Waals surface area contributed by atoms with Crippen LogP contribution in [-0.4, -0.2) is 32.2 Å². The van der Waals surface area contributed by atoms with Crippen LogP contribution in [-0.2, 0) is 0 Å². The van der Waals surface area contributed by atoms with E-state index in [0.29, 0.717) is 38.0 Å². The molecule has 1 amide bonds. The summed E-state index contributed by atoms with van der Waals surface area (Å²) in [6.07, 6.45) is 0. The number of benzene rings is 2. The largest absolute Gasteiger partial charge is 0.497 e. The molecule has 9 heteroatoms. The number of hydrogen-bond acceptors (Lipinski definition) is 7. The van der Waals surface area contributed by atoms with Gasteiger partial charge in [-0.3, -0.25) is 10.1 Å². The molecule has 0 fully saturated rings. The molecule has 2 heterocycles. The number of ether oxygens (including phenoxy) is 3. The molecule has 2 aromatic heterocycles. The molecule has 0 aliphatic rings. The Kier molecular flexibility index (Phi) is 5.80. The Bertz CT molecular complexity index is 1240. The Morgan fingerprint density at radius 1 is 1.03 bits per heavy atom. The van der Waals surface area contributed by atoms with Gasteiger partial charge in [-0.1, -0.05) is 11.6 Å². The van der Waals surface area contributed by atoms with Crippen LogP contribution in [0.1, 0.15) is 9.67 Å². The maximum atomic E-state index is 12.8. The molecule has 0 atom stereocenters. The monoisotopic (exact) mass is 460 g/mol. The Morgan fingerprint density at radius 2 is 1.77 bits per heavy atom. The number of amides is 1. The second kappa shape index (κ2) is 8.51. The third-order valence-electron chi connectivity index (χ3n) is 4.45. The molecule has 0 spiro atoms. The van der Waals surface area contributed by atoms with Crippen molar-refractivity contribution in [2.75, 3.05) is 26.6 Å². The number of thiophene rings is 1. The number of anilines is 1. The fraction of sp³-hybridized carbons (Fsp3) is 0.143. The van der Waals surface area contributed by atoms with Gasteiger partial charge in [0.2, 0.25) is 0 Å². The highest BCUT2D eigenvalue weighted by Crippen LogP contribution is 2.38. The van der Waals surface area contributed by atoms with Crippen LogP contribution in [0.2, 0.25) is 5.02 Å². The number of hydrogen-bond donors (Lipinski definition) is 1.